The number of carbonyl (C=O) groups is 2. The minimum absolute atomic E-state index is 0. The minimum Gasteiger partial charge on any atom is -0.367 e. The zero-order chi connectivity index (χ0) is 6.85. The van der Waals surface area contributed by atoms with Crippen LogP contribution in [0.3, 0.4) is 0 Å². The van der Waals surface area contributed by atoms with E-state index < -0.39 is 0 Å². The molecule has 0 bridgehead atoms. The van der Waals surface area contributed by atoms with Crippen LogP contribution in [0.15, 0.2) is 0 Å². The van der Waals surface area contributed by atoms with Crippen LogP contribution in [0, 0.1) is 0 Å². The van der Waals surface area contributed by atoms with Crippen LogP contribution in [0.4, 0.5) is 0 Å². The van der Waals surface area contributed by atoms with Crippen molar-refractivity contribution in [3.05, 3.63) is 0 Å². The van der Waals surface area contributed by atoms with Crippen LogP contribution >= 0.6 is 24.8 Å². The minimum atomic E-state index is -0.373. The lowest BCUT2D eigenvalue weighted by Gasteiger charge is -2.26. The van der Waals surface area contributed by atoms with Crippen molar-refractivity contribution < 1.29 is 14.4 Å². The van der Waals surface area contributed by atoms with E-state index in [1.807, 2.05) is 0 Å². The predicted molar refractivity (Wildman–Crippen MR) is 42.8 cm³/mol. The van der Waals surface area contributed by atoms with Crippen LogP contribution in [-0.4, -0.2) is 29.9 Å². The van der Waals surface area contributed by atoms with E-state index in [9.17, 15) is 9.59 Å². The van der Waals surface area contributed by atoms with Crippen molar-refractivity contribution in [2.45, 2.75) is 6.92 Å². The molecule has 4 nitrogen and oxygen atoms in total. The van der Waals surface area contributed by atoms with Gasteiger partial charge in [0.2, 0.25) is 0 Å². The zero-order valence-corrected chi connectivity index (χ0v) is 7.54. The van der Waals surface area contributed by atoms with Gasteiger partial charge in [-0.05, 0) is 0 Å². The molecule has 0 atom stereocenters. The van der Waals surface area contributed by atoms with E-state index in [-0.39, 0.29) is 49.7 Å². The van der Waals surface area contributed by atoms with Gasteiger partial charge in [0.1, 0.15) is 0 Å². The Morgan fingerprint density at radius 3 is 2.18 bits per heavy atom. The third-order valence-corrected chi connectivity index (χ3v) is 0.963. The molecule has 1 saturated heterocycles. The molecule has 0 spiro atoms. The Balaban J connectivity index is 0. The number of halogens is 2. The molecule has 0 radical (unpaired) electrons. The smallest absolute Gasteiger partial charge is 0.322 e. The number of Topliss-reactive ketones (excluding diaryl/α,β-unsaturated/α-hetero) is 1. The SMILES string of the molecule is CC(=O)ON1CC(=O)C1.Cl.Cl. The van der Waals surface area contributed by atoms with Crippen molar-refractivity contribution in [3.8, 4) is 0 Å². The maximum atomic E-state index is 10.3. The monoisotopic (exact) mass is 201 g/mol. The number of ketones is 1. The number of nitrogens with zero attached hydrogens (tertiary/aromatic N) is 1. The highest BCUT2D eigenvalue weighted by Gasteiger charge is 2.25. The lowest BCUT2D eigenvalue weighted by molar-refractivity contribution is -0.203. The van der Waals surface area contributed by atoms with Gasteiger partial charge in [0.15, 0.2) is 5.78 Å². The van der Waals surface area contributed by atoms with Gasteiger partial charge in [-0.25, -0.2) is 0 Å². The Morgan fingerprint density at radius 1 is 1.45 bits per heavy atom. The van der Waals surface area contributed by atoms with Gasteiger partial charge in [-0.3, -0.25) is 9.59 Å². The van der Waals surface area contributed by atoms with Gasteiger partial charge in [0.05, 0.1) is 13.1 Å². The van der Waals surface area contributed by atoms with Gasteiger partial charge >= 0.3 is 5.97 Å². The Morgan fingerprint density at radius 2 is 1.91 bits per heavy atom. The van der Waals surface area contributed by atoms with Gasteiger partial charge in [-0.2, -0.15) is 0 Å². The maximum absolute atomic E-state index is 10.3. The summed E-state index contributed by atoms with van der Waals surface area (Å²) in [5.41, 5.74) is 0. The largest absolute Gasteiger partial charge is 0.367 e. The molecule has 1 aliphatic rings. The van der Waals surface area contributed by atoms with Crippen LogP contribution < -0.4 is 0 Å². The van der Waals surface area contributed by atoms with E-state index in [0.29, 0.717) is 0 Å². The lowest BCUT2D eigenvalue weighted by atomic mass is 10.3. The van der Waals surface area contributed by atoms with Gasteiger partial charge in [0.25, 0.3) is 0 Å². The summed E-state index contributed by atoms with van der Waals surface area (Å²) < 4.78 is 0. The van der Waals surface area contributed by atoms with Crippen LogP contribution in [0.1, 0.15) is 6.92 Å². The molecule has 1 heterocycles. The third kappa shape index (κ3) is 4.19. The summed E-state index contributed by atoms with van der Waals surface area (Å²) in [5.74, 6) is -0.265. The van der Waals surface area contributed by atoms with Crippen molar-refractivity contribution in [2.24, 2.45) is 0 Å². The predicted octanol–water partition coefficient (Wildman–Crippen LogP) is 0.193. The number of hydrogen-bond donors (Lipinski definition) is 0. The highest BCUT2D eigenvalue weighted by atomic mass is 35.5. The Hall–Kier alpha value is -0.320. The molecule has 0 saturated carbocycles. The first kappa shape index (κ1) is 13.3. The number of hydrogen-bond acceptors (Lipinski definition) is 4. The Kier molecular flexibility index (Phi) is 6.46. The van der Waals surface area contributed by atoms with E-state index in [1.165, 1.54) is 12.0 Å². The average Bonchev–Trinajstić information content (AvgIpc) is 1.60. The summed E-state index contributed by atoms with van der Waals surface area (Å²) in [6.45, 7) is 1.81. The molecule has 0 unspecified atom stereocenters. The van der Waals surface area contributed by atoms with Gasteiger partial charge in [-0.15, -0.1) is 29.9 Å². The van der Waals surface area contributed by atoms with Crippen LogP contribution in [0.25, 0.3) is 0 Å². The van der Waals surface area contributed by atoms with Crippen molar-refractivity contribution >= 4 is 36.6 Å². The van der Waals surface area contributed by atoms with Crippen LogP contribution in [-0.2, 0) is 14.4 Å². The summed E-state index contributed by atoms with van der Waals surface area (Å²) in [4.78, 5) is 25.0. The Bertz CT molecular complexity index is 154. The summed E-state index contributed by atoms with van der Waals surface area (Å²) in [5, 5.41) is 1.32. The first-order chi connectivity index (χ1) is 4.18. The molecule has 0 aliphatic carbocycles. The molecule has 1 rings (SSSR count). The molecule has 11 heavy (non-hydrogen) atoms. The van der Waals surface area contributed by atoms with E-state index in [4.69, 9.17) is 0 Å². The quantitative estimate of drug-likeness (QED) is 0.609. The molecule has 0 aromatic rings. The summed E-state index contributed by atoms with van der Waals surface area (Å²) in [7, 11) is 0. The molecule has 0 aromatic heterocycles. The molecule has 0 aromatic carbocycles. The normalized spacial score (nSPS) is 15.5. The zero-order valence-electron chi connectivity index (χ0n) is 5.90. The van der Waals surface area contributed by atoms with Crippen molar-refractivity contribution in [1.29, 1.82) is 0 Å². The Labute approximate surface area is 76.6 Å². The molecule has 66 valence electrons. The second-order valence-corrected chi connectivity index (χ2v) is 1.92. The van der Waals surface area contributed by atoms with E-state index >= 15 is 0 Å². The van der Waals surface area contributed by atoms with E-state index in [1.54, 1.807) is 0 Å². The maximum Gasteiger partial charge on any atom is 0.322 e. The first-order valence-corrected chi connectivity index (χ1v) is 2.63. The second kappa shape index (κ2) is 5.35. The summed E-state index contributed by atoms with van der Waals surface area (Å²) in [6.07, 6.45) is 0. The standard InChI is InChI=1S/C5H7NO3.2ClH/c1-4(7)9-6-2-5(8)3-6;;/h2-3H2,1H3;2*1H. The molecular formula is C5H9Cl2NO3. The van der Waals surface area contributed by atoms with Crippen LogP contribution in [0.5, 0.6) is 0 Å². The van der Waals surface area contributed by atoms with Gasteiger partial charge in [0, 0.05) is 6.92 Å². The number of carbonyl (C=O) groups excluding carboxylic acids is 2. The molecule has 1 aliphatic heterocycles. The van der Waals surface area contributed by atoms with Gasteiger partial charge in [-0.1, -0.05) is 0 Å². The summed E-state index contributed by atoms with van der Waals surface area (Å²) >= 11 is 0. The highest BCUT2D eigenvalue weighted by molar-refractivity contribution is 5.87. The number of rotatable bonds is 1. The molecule has 0 N–H and O–H groups in total. The van der Waals surface area contributed by atoms with Crippen molar-refractivity contribution in [1.82, 2.24) is 5.06 Å². The summed E-state index contributed by atoms with van der Waals surface area (Å²) in [6, 6.07) is 0. The van der Waals surface area contributed by atoms with Crippen LogP contribution in [0.2, 0.25) is 0 Å². The second-order valence-electron chi connectivity index (χ2n) is 1.92. The van der Waals surface area contributed by atoms with Crippen molar-refractivity contribution in [3.63, 3.8) is 0 Å². The molecular weight excluding hydrogens is 193 g/mol. The lowest BCUT2D eigenvalue weighted by Crippen LogP contribution is -2.47. The van der Waals surface area contributed by atoms with E-state index in [2.05, 4.69) is 4.84 Å². The molecule has 1 fully saturated rings. The third-order valence-electron chi connectivity index (χ3n) is 0.963. The number of hydroxylamine groups is 2. The fourth-order valence-corrected chi connectivity index (χ4v) is 0.593. The molecule has 0 amide bonds. The topological polar surface area (TPSA) is 46.6 Å². The fraction of sp³-hybridized carbons (Fsp3) is 0.600. The fourth-order valence-electron chi connectivity index (χ4n) is 0.593. The first-order valence-electron chi connectivity index (χ1n) is 2.63. The van der Waals surface area contributed by atoms with E-state index in [0.717, 1.165) is 0 Å². The average molecular weight is 202 g/mol. The van der Waals surface area contributed by atoms with Gasteiger partial charge < -0.3 is 4.84 Å². The van der Waals surface area contributed by atoms with Crippen molar-refractivity contribution in [2.75, 3.05) is 13.1 Å². The highest BCUT2D eigenvalue weighted by Crippen LogP contribution is 2.01. The molecule has 6 heteroatoms.